The smallest absolute Gasteiger partial charge is 0.200 e. The molecule has 1 heterocycles. The molecule has 1 aliphatic heterocycles. The first-order chi connectivity index (χ1) is 24.5. The first-order valence-corrected chi connectivity index (χ1v) is 21.7. The van der Waals surface area contributed by atoms with Crippen molar-refractivity contribution in [3.8, 4) is 5.75 Å². The van der Waals surface area contributed by atoms with Crippen LogP contribution in [0, 0.1) is 5.92 Å². The Balaban J connectivity index is 1.61. The highest BCUT2D eigenvalue weighted by molar-refractivity contribution is 6.77. The van der Waals surface area contributed by atoms with Crippen LogP contribution in [0.2, 0.25) is 16.6 Å². The molecule has 8 heteroatoms. The van der Waals surface area contributed by atoms with Crippen LogP contribution in [0.15, 0.2) is 66.4 Å². The summed E-state index contributed by atoms with van der Waals surface area (Å²) in [7, 11) is 1.56. The van der Waals surface area contributed by atoms with Crippen molar-refractivity contribution in [1.29, 1.82) is 0 Å². The van der Waals surface area contributed by atoms with Gasteiger partial charge in [-0.2, -0.15) is 0 Å². The average molecular weight is 727 g/mol. The van der Waals surface area contributed by atoms with Gasteiger partial charge in [0.1, 0.15) is 18.6 Å². The maximum absolute atomic E-state index is 6.94. The molecule has 288 valence electrons. The van der Waals surface area contributed by atoms with E-state index in [4.69, 9.17) is 32.8 Å². The lowest BCUT2D eigenvalue weighted by molar-refractivity contribution is -0.102. The molecule has 0 fully saturated rings. The summed E-state index contributed by atoms with van der Waals surface area (Å²) in [6.45, 7) is 20.6. The van der Waals surface area contributed by atoms with Gasteiger partial charge in [-0.1, -0.05) is 104 Å². The topological polar surface area (TPSA) is 64.6 Å². The Morgan fingerprint density at radius 1 is 0.804 bits per heavy atom. The van der Waals surface area contributed by atoms with E-state index >= 15 is 0 Å². The van der Waals surface area contributed by atoms with E-state index in [-0.39, 0.29) is 31.2 Å². The Morgan fingerprint density at radius 2 is 1.47 bits per heavy atom. The monoisotopic (exact) mass is 726 g/mol. The molecule has 0 spiro atoms. The number of ether oxygens (including phenoxy) is 6. The molecule has 7 nitrogen and oxygen atoms in total. The standard InChI is InChI=1S/C43H70O7Si/c1-11-15-39(47-30-37-18-20-38(44-9)21-19-37)26-41(45-10)24-35(8)25-43-28-42(48-31-46-29-36-16-13-12-14-17-36)27-40(50-43)22-23-49-51(32(2)3,33(4)5)34(6)7/h12-14,16-21,28,32-35,39-42H,11,15,22-27,29-31H2,1-10H3/t35-,39-,40-,41-,42+/m0/s1. The Bertz CT molecular complexity index is 1210. The summed E-state index contributed by atoms with van der Waals surface area (Å²) < 4.78 is 43.6. The van der Waals surface area contributed by atoms with Crippen molar-refractivity contribution in [3.63, 3.8) is 0 Å². The van der Waals surface area contributed by atoms with Gasteiger partial charge in [0, 0.05) is 33.0 Å². The average Bonchev–Trinajstić information content (AvgIpc) is 3.10. The lowest BCUT2D eigenvalue weighted by Crippen LogP contribution is -2.48. The van der Waals surface area contributed by atoms with Crippen molar-refractivity contribution in [2.24, 2.45) is 5.92 Å². The molecule has 0 radical (unpaired) electrons. The summed E-state index contributed by atoms with van der Waals surface area (Å²) in [5.74, 6) is 2.22. The first-order valence-electron chi connectivity index (χ1n) is 19.5. The number of hydrogen-bond acceptors (Lipinski definition) is 7. The van der Waals surface area contributed by atoms with Crippen LogP contribution in [-0.2, 0) is 41.3 Å². The molecule has 1 aliphatic rings. The van der Waals surface area contributed by atoms with Gasteiger partial charge in [-0.25, -0.2) is 0 Å². The summed E-state index contributed by atoms with van der Waals surface area (Å²) in [6, 6.07) is 18.3. The van der Waals surface area contributed by atoms with Crippen LogP contribution in [0.25, 0.3) is 0 Å². The zero-order chi connectivity index (χ0) is 37.2. The molecule has 0 N–H and O–H groups in total. The summed E-state index contributed by atoms with van der Waals surface area (Å²) in [6.07, 6.45) is 8.70. The Morgan fingerprint density at radius 3 is 2.08 bits per heavy atom. The van der Waals surface area contributed by atoms with E-state index in [1.165, 1.54) is 0 Å². The second kappa shape index (κ2) is 22.8. The lowest BCUT2D eigenvalue weighted by atomic mass is 9.93. The van der Waals surface area contributed by atoms with Crippen molar-refractivity contribution in [2.45, 2.75) is 155 Å². The third kappa shape index (κ3) is 14.3. The number of methoxy groups -OCH3 is 2. The molecular weight excluding hydrogens is 657 g/mol. The molecule has 0 saturated heterocycles. The van der Waals surface area contributed by atoms with E-state index in [0.29, 0.717) is 42.4 Å². The van der Waals surface area contributed by atoms with E-state index < -0.39 is 8.32 Å². The van der Waals surface area contributed by atoms with E-state index in [0.717, 1.165) is 67.6 Å². The van der Waals surface area contributed by atoms with E-state index in [2.05, 4.69) is 85.7 Å². The van der Waals surface area contributed by atoms with Gasteiger partial charge in [0.15, 0.2) is 8.32 Å². The minimum Gasteiger partial charge on any atom is -0.497 e. The van der Waals surface area contributed by atoms with Crippen LogP contribution >= 0.6 is 0 Å². The van der Waals surface area contributed by atoms with Crippen molar-refractivity contribution in [2.75, 3.05) is 27.6 Å². The second-order valence-electron chi connectivity index (χ2n) is 15.4. The predicted molar refractivity (Wildman–Crippen MR) is 210 cm³/mol. The van der Waals surface area contributed by atoms with Crippen LogP contribution < -0.4 is 4.74 Å². The summed E-state index contributed by atoms with van der Waals surface area (Å²) in [4.78, 5) is 0. The van der Waals surface area contributed by atoms with Crippen LogP contribution in [0.1, 0.15) is 111 Å². The number of rotatable bonds is 25. The Hall–Kier alpha value is -2.20. The van der Waals surface area contributed by atoms with Gasteiger partial charge in [-0.05, 0) is 71.1 Å². The van der Waals surface area contributed by atoms with Gasteiger partial charge < -0.3 is 32.8 Å². The normalized spacial score (nSPS) is 18.5. The van der Waals surface area contributed by atoms with Gasteiger partial charge in [-0.15, -0.1) is 0 Å². The molecule has 51 heavy (non-hydrogen) atoms. The van der Waals surface area contributed by atoms with Crippen molar-refractivity contribution >= 4 is 8.32 Å². The van der Waals surface area contributed by atoms with E-state index in [9.17, 15) is 0 Å². The van der Waals surface area contributed by atoms with Crippen LogP contribution in [0.5, 0.6) is 5.75 Å². The first kappa shape index (κ1) is 43.2. The number of hydrogen-bond donors (Lipinski definition) is 0. The highest BCUT2D eigenvalue weighted by atomic mass is 28.4. The fraction of sp³-hybridized carbons (Fsp3) is 0.674. The highest BCUT2D eigenvalue weighted by Gasteiger charge is 2.45. The second-order valence-corrected chi connectivity index (χ2v) is 20.9. The quantitative estimate of drug-likeness (QED) is 0.0573. The van der Waals surface area contributed by atoms with E-state index in [1.807, 2.05) is 37.4 Å². The van der Waals surface area contributed by atoms with Crippen LogP contribution in [0.3, 0.4) is 0 Å². The van der Waals surface area contributed by atoms with Crippen LogP contribution in [-0.4, -0.2) is 60.4 Å². The van der Waals surface area contributed by atoms with Gasteiger partial charge in [-0.3, -0.25) is 0 Å². The van der Waals surface area contributed by atoms with Crippen LogP contribution in [0.4, 0.5) is 0 Å². The molecular formula is C43H70O7Si. The zero-order valence-electron chi connectivity index (χ0n) is 33.5. The lowest BCUT2D eigenvalue weighted by Gasteiger charge is -2.42. The van der Waals surface area contributed by atoms with Gasteiger partial charge >= 0.3 is 0 Å². The molecule has 0 aliphatic carbocycles. The van der Waals surface area contributed by atoms with Gasteiger partial charge in [0.25, 0.3) is 0 Å². The molecule has 2 aromatic rings. The number of benzene rings is 2. The van der Waals surface area contributed by atoms with E-state index in [1.54, 1.807) is 7.11 Å². The third-order valence-corrected chi connectivity index (χ3v) is 16.6. The molecule has 0 amide bonds. The zero-order valence-corrected chi connectivity index (χ0v) is 34.5. The van der Waals surface area contributed by atoms with Crippen molar-refractivity contribution in [1.82, 2.24) is 0 Å². The predicted octanol–water partition coefficient (Wildman–Crippen LogP) is 11.0. The fourth-order valence-electron chi connectivity index (χ4n) is 7.97. The summed E-state index contributed by atoms with van der Waals surface area (Å²) in [5.41, 5.74) is 3.95. The third-order valence-electron chi connectivity index (χ3n) is 10.5. The summed E-state index contributed by atoms with van der Waals surface area (Å²) >= 11 is 0. The van der Waals surface area contributed by atoms with Gasteiger partial charge in [0.2, 0.25) is 0 Å². The molecule has 0 aromatic heterocycles. The summed E-state index contributed by atoms with van der Waals surface area (Å²) in [5, 5.41) is 0. The minimum atomic E-state index is -1.95. The Labute approximate surface area is 311 Å². The maximum atomic E-state index is 6.94. The SMILES string of the molecule is CCC[C@@H](C[C@H](C[C@H](C)CC1=C[C@H](OCOCc2ccccc2)C[C@H](CCO[Si](C(C)C)(C(C)C)C(C)C)O1)OC)OCc1ccc(OC)cc1. The number of allylic oxidation sites excluding steroid dienone is 1. The maximum Gasteiger partial charge on any atom is 0.200 e. The molecule has 3 rings (SSSR count). The largest absolute Gasteiger partial charge is 0.497 e. The Kier molecular flexibility index (Phi) is 19.3. The molecule has 0 saturated carbocycles. The molecule has 5 atom stereocenters. The molecule has 2 aromatic carbocycles. The molecule has 0 unspecified atom stereocenters. The molecule has 0 bridgehead atoms. The minimum absolute atomic E-state index is 0.0352. The van der Waals surface area contributed by atoms with Gasteiger partial charge in [0.05, 0.1) is 44.4 Å². The van der Waals surface area contributed by atoms with Crippen molar-refractivity contribution < 1.29 is 32.8 Å². The fourth-order valence-corrected chi connectivity index (χ4v) is 13.4. The van der Waals surface area contributed by atoms with Crippen molar-refractivity contribution in [3.05, 3.63) is 77.6 Å². The highest BCUT2D eigenvalue weighted by Crippen LogP contribution is 2.42.